The Morgan fingerprint density at radius 3 is 2.61 bits per heavy atom. The molecular weight excluding hydrogens is 440 g/mol. The van der Waals surface area contributed by atoms with Crippen molar-refractivity contribution in [3.8, 4) is 17.0 Å². The fraction of sp³-hybridized carbons (Fsp3) is 0.242. The summed E-state index contributed by atoms with van der Waals surface area (Å²) in [6.45, 7) is 11.7. The first-order valence-corrected chi connectivity index (χ1v) is 12.7. The van der Waals surface area contributed by atoms with Crippen molar-refractivity contribution in [1.82, 2.24) is 9.38 Å². The van der Waals surface area contributed by atoms with Crippen LogP contribution in [-0.4, -0.2) is 16.0 Å². The SMILES string of the molecule is C=C(c1c(-c2ccccc2)cc2ccccn12)C1(C)C=CC(CCCOc2cc(C)cc(C)n2)=CC1. The summed E-state index contributed by atoms with van der Waals surface area (Å²) in [7, 11) is 0. The molecule has 3 heterocycles. The molecule has 3 aromatic heterocycles. The van der Waals surface area contributed by atoms with Gasteiger partial charge in [0, 0.05) is 34.5 Å². The molecule has 0 N–H and O–H groups in total. The highest BCUT2D eigenvalue weighted by atomic mass is 16.5. The second-order valence-corrected chi connectivity index (χ2v) is 10.1. The molecule has 0 radical (unpaired) electrons. The minimum Gasteiger partial charge on any atom is -0.478 e. The Kier molecular flexibility index (Phi) is 6.65. The molecule has 0 saturated carbocycles. The summed E-state index contributed by atoms with van der Waals surface area (Å²) in [6, 6.07) is 23.3. The van der Waals surface area contributed by atoms with E-state index in [2.05, 4.69) is 115 Å². The van der Waals surface area contributed by atoms with E-state index in [-0.39, 0.29) is 5.41 Å². The van der Waals surface area contributed by atoms with Crippen LogP contribution in [0.2, 0.25) is 0 Å². The monoisotopic (exact) mass is 474 g/mol. The molecule has 0 fully saturated rings. The van der Waals surface area contributed by atoms with Crippen molar-refractivity contribution in [2.24, 2.45) is 5.41 Å². The Balaban J connectivity index is 1.29. The molecule has 0 spiro atoms. The Bertz CT molecular complexity index is 1440. The molecule has 182 valence electrons. The highest BCUT2D eigenvalue weighted by molar-refractivity contribution is 5.86. The van der Waals surface area contributed by atoms with Gasteiger partial charge >= 0.3 is 0 Å². The Morgan fingerprint density at radius 1 is 1.06 bits per heavy atom. The van der Waals surface area contributed by atoms with Gasteiger partial charge in [0.1, 0.15) is 0 Å². The van der Waals surface area contributed by atoms with Crippen LogP contribution in [0.25, 0.3) is 22.2 Å². The van der Waals surface area contributed by atoms with E-state index in [1.165, 1.54) is 33.5 Å². The highest BCUT2D eigenvalue weighted by Crippen LogP contribution is 2.45. The van der Waals surface area contributed by atoms with Crippen LogP contribution in [0.3, 0.4) is 0 Å². The molecule has 0 amide bonds. The fourth-order valence-electron chi connectivity index (χ4n) is 5.05. The van der Waals surface area contributed by atoms with E-state index in [1.807, 2.05) is 13.0 Å². The average Bonchev–Trinajstić information content (AvgIpc) is 3.27. The van der Waals surface area contributed by atoms with Gasteiger partial charge in [-0.15, -0.1) is 0 Å². The van der Waals surface area contributed by atoms with E-state index >= 15 is 0 Å². The number of aromatic nitrogens is 2. The minimum atomic E-state index is -0.142. The Morgan fingerprint density at radius 2 is 1.86 bits per heavy atom. The van der Waals surface area contributed by atoms with Crippen LogP contribution in [0, 0.1) is 19.3 Å². The van der Waals surface area contributed by atoms with E-state index in [9.17, 15) is 0 Å². The third-order valence-electron chi connectivity index (χ3n) is 7.13. The van der Waals surface area contributed by atoms with Crippen molar-refractivity contribution in [3.05, 3.63) is 120 Å². The van der Waals surface area contributed by atoms with Crippen LogP contribution in [0.4, 0.5) is 0 Å². The molecule has 3 heteroatoms. The molecule has 36 heavy (non-hydrogen) atoms. The maximum absolute atomic E-state index is 5.90. The van der Waals surface area contributed by atoms with Crippen LogP contribution < -0.4 is 4.74 Å². The molecular formula is C33H34N2O. The van der Waals surface area contributed by atoms with Gasteiger partial charge in [-0.05, 0) is 74.1 Å². The van der Waals surface area contributed by atoms with Crippen LogP contribution in [0.1, 0.15) is 43.1 Å². The van der Waals surface area contributed by atoms with Gasteiger partial charge in [0.05, 0.1) is 12.3 Å². The Labute approximate surface area is 214 Å². The van der Waals surface area contributed by atoms with E-state index in [4.69, 9.17) is 4.74 Å². The van der Waals surface area contributed by atoms with E-state index < -0.39 is 0 Å². The summed E-state index contributed by atoms with van der Waals surface area (Å²) < 4.78 is 8.18. The topological polar surface area (TPSA) is 26.5 Å². The molecule has 1 unspecified atom stereocenters. The van der Waals surface area contributed by atoms with Gasteiger partial charge in [0.15, 0.2) is 0 Å². The average molecular weight is 475 g/mol. The largest absolute Gasteiger partial charge is 0.478 e. The summed E-state index contributed by atoms with van der Waals surface area (Å²) in [6.07, 6.45) is 12.0. The summed E-state index contributed by atoms with van der Waals surface area (Å²) in [5.74, 6) is 0.721. The third kappa shape index (κ3) is 4.92. The summed E-state index contributed by atoms with van der Waals surface area (Å²) in [5, 5.41) is 0. The number of rotatable bonds is 8. The van der Waals surface area contributed by atoms with Gasteiger partial charge in [-0.2, -0.15) is 0 Å². The first-order chi connectivity index (χ1) is 17.4. The summed E-state index contributed by atoms with van der Waals surface area (Å²) >= 11 is 0. The summed E-state index contributed by atoms with van der Waals surface area (Å²) in [5.41, 5.74) is 9.36. The zero-order valence-corrected chi connectivity index (χ0v) is 21.5. The van der Waals surface area contributed by atoms with Crippen LogP contribution in [0.15, 0.2) is 103 Å². The number of aryl methyl sites for hydroxylation is 2. The predicted octanol–water partition coefficient (Wildman–Crippen LogP) is 8.38. The van der Waals surface area contributed by atoms with Gasteiger partial charge in [0.25, 0.3) is 0 Å². The number of pyridine rings is 2. The lowest BCUT2D eigenvalue weighted by Gasteiger charge is -2.31. The zero-order valence-electron chi connectivity index (χ0n) is 21.5. The Hall–Kier alpha value is -3.85. The van der Waals surface area contributed by atoms with Crippen molar-refractivity contribution in [3.63, 3.8) is 0 Å². The van der Waals surface area contributed by atoms with Gasteiger partial charge in [-0.25, -0.2) is 4.98 Å². The highest BCUT2D eigenvalue weighted by Gasteiger charge is 2.30. The number of benzene rings is 1. The lowest BCUT2D eigenvalue weighted by molar-refractivity contribution is 0.298. The normalized spacial score (nSPS) is 17.2. The zero-order chi connectivity index (χ0) is 25.1. The number of allylic oxidation sites excluding steroid dienone is 5. The van der Waals surface area contributed by atoms with Crippen LogP contribution in [0.5, 0.6) is 5.88 Å². The van der Waals surface area contributed by atoms with Crippen molar-refractivity contribution in [2.75, 3.05) is 6.61 Å². The molecule has 5 rings (SSSR count). The number of hydrogen-bond acceptors (Lipinski definition) is 2. The number of fused-ring (bicyclic) bond motifs is 1. The second kappa shape index (κ2) is 10.0. The summed E-state index contributed by atoms with van der Waals surface area (Å²) in [4.78, 5) is 4.47. The van der Waals surface area contributed by atoms with Crippen LogP contribution in [-0.2, 0) is 0 Å². The number of nitrogens with zero attached hydrogens (tertiary/aromatic N) is 2. The molecule has 1 atom stereocenters. The molecule has 1 aliphatic rings. The lowest BCUT2D eigenvalue weighted by atomic mass is 9.74. The molecule has 4 aromatic rings. The maximum atomic E-state index is 5.90. The first kappa shape index (κ1) is 23.9. The minimum absolute atomic E-state index is 0.142. The van der Waals surface area contributed by atoms with Gasteiger partial charge < -0.3 is 9.14 Å². The van der Waals surface area contributed by atoms with Crippen molar-refractivity contribution in [1.29, 1.82) is 0 Å². The predicted molar refractivity (Wildman–Crippen MR) is 150 cm³/mol. The molecule has 3 nitrogen and oxygen atoms in total. The van der Waals surface area contributed by atoms with Crippen molar-refractivity contribution < 1.29 is 4.74 Å². The van der Waals surface area contributed by atoms with Crippen LogP contribution >= 0.6 is 0 Å². The number of ether oxygens (including phenoxy) is 1. The first-order valence-electron chi connectivity index (χ1n) is 12.7. The molecule has 0 saturated heterocycles. The number of hydrogen-bond donors (Lipinski definition) is 0. The standard InChI is InChI=1S/C33H34N2O/c1-24-21-25(2)34-31(22-24)36-20-10-11-27-15-17-33(4,18-16-27)26(3)32-30(28-12-6-5-7-13-28)23-29-14-8-9-19-35(29)32/h5-9,12-17,19,21-23H,3,10-11,18,20H2,1-2,4H3. The van der Waals surface area contributed by atoms with Gasteiger partial charge in [-0.3, -0.25) is 0 Å². The van der Waals surface area contributed by atoms with Crippen molar-refractivity contribution >= 4 is 11.1 Å². The molecule has 0 bridgehead atoms. The van der Waals surface area contributed by atoms with Gasteiger partial charge in [0.2, 0.25) is 5.88 Å². The van der Waals surface area contributed by atoms with Crippen molar-refractivity contribution in [2.45, 2.75) is 40.0 Å². The quantitative estimate of drug-likeness (QED) is 0.240. The molecule has 0 aliphatic heterocycles. The maximum Gasteiger partial charge on any atom is 0.213 e. The lowest BCUT2D eigenvalue weighted by Crippen LogP contribution is -2.18. The third-order valence-corrected chi connectivity index (χ3v) is 7.13. The molecule has 1 aliphatic carbocycles. The van der Waals surface area contributed by atoms with E-state index in [0.29, 0.717) is 6.61 Å². The van der Waals surface area contributed by atoms with Gasteiger partial charge in [-0.1, -0.05) is 73.7 Å². The fourth-order valence-corrected chi connectivity index (χ4v) is 5.05. The smallest absolute Gasteiger partial charge is 0.213 e. The molecule has 1 aromatic carbocycles. The second-order valence-electron chi connectivity index (χ2n) is 10.1. The van der Waals surface area contributed by atoms with E-state index in [1.54, 1.807) is 0 Å². The van der Waals surface area contributed by atoms with E-state index in [0.717, 1.165) is 36.4 Å².